The molecule has 1 heterocycles. The molecule has 0 aliphatic carbocycles. The zero-order valence-corrected chi connectivity index (χ0v) is 16.1. The van der Waals surface area contributed by atoms with E-state index in [1.165, 1.54) is 0 Å². The second-order valence-corrected chi connectivity index (χ2v) is 8.20. The molecule has 140 valence electrons. The Morgan fingerprint density at radius 1 is 0.923 bits per heavy atom. The SMILES string of the molecule is CC(C)(C)NC(=O)OB(OC(=O)NC(C)(C)C)c1cc2ccccc2[nH]1. The monoisotopic (exact) mass is 359 g/mol. The number of amides is 2. The molecular formula is C18H26BN3O4. The highest BCUT2D eigenvalue weighted by Gasteiger charge is 2.34. The van der Waals surface area contributed by atoms with Crippen LogP contribution in [0.1, 0.15) is 41.5 Å². The van der Waals surface area contributed by atoms with Crippen LogP contribution in [0.3, 0.4) is 0 Å². The highest BCUT2D eigenvalue weighted by Crippen LogP contribution is 2.11. The molecular weight excluding hydrogens is 333 g/mol. The van der Waals surface area contributed by atoms with Gasteiger partial charge in [0.1, 0.15) is 0 Å². The quantitative estimate of drug-likeness (QED) is 0.735. The van der Waals surface area contributed by atoms with Crippen LogP contribution in [-0.2, 0) is 9.31 Å². The predicted octanol–water partition coefficient (Wildman–Crippen LogP) is 2.91. The van der Waals surface area contributed by atoms with Gasteiger partial charge in [-0.25, -0.2) is 9.59 Å². The largest absolute Gasteiger partial charge is 0.656 e. The van der Waals surface area contributed by atoms with Gasteiger partial charge in [-0.2, -0.15) is 0 Å². The Bertz CT molecular complexity index is 727. The lowest BCUT2D eigenvalue weighted by Gasteiger charge is -2.23. The van der Waals surface area contributed by atoms with E-state index in [0.717, 1.165) is 10.9 Å². The lowest BCUT2D eigenvalue weighted by Crippen LogP contribution is -2.51. The summed E-state index contributed by atoms with van der Waals surface area (Å²) >= 11 is 0. The predicted molar refractivity (Wildman–Crippen MR) is 102 cm³/mol. The van der Waals surface area contributed by atoms with Gasteiger partial charge in [0.2, 0.25) is 0 Å². The third-order valence-corrected chi connectivity index (χ3v) is 3.19. The normalized spacial score (nSPS) is 11.8. The Kier molecular flexibility index (Phi) is 5.54. The van der Waals surface area contributed by atoms with E-state index in [2.05, 4.69) is 15.6 Å². The van der Waals surface area contributed by atoms with Gasteiger partial charge >= 0.3 is 19.3 Å². The van der Waals surface area contributed by atoms with E-state index >= 15 is 0 Å². The van der Waals surface area contributed by atoms with Gasteiger partial charge in [-0.05, 0) is 59.1 Å². The van der Waals surface area contributed by atoms with Gasteiger partial charge in [0.05, 0.1) is 5.59 Å². The summed E-state index contributed by atoms with van der Waals surface area (Å²) in [5, 5.41) is 6.30. The lowest BCUT2D eigenvalue weighted by molar-refractivity contribution is 0.165. The van der Waals surface area contributed by atoms with E-state index in [-0.39, 0.29) is 0 Å². The van der Waals surface area contributed by atoms with Crippen LogP contribution in [0.15, 0.2) is 30.3 Å². The van der Waals surface area contributed by atoms with Crippen LogP contribution in [0.4, 0.5) is 9.59 Å². The van der Waals surface area contributed by atoms with Crippen molar-refractivity contribution in [3.63, 3.8) is 0 Å². The first kappa shape index (κ1) is 19.7. The van der Waals surface area contributed by atoms with Crippen LogP contribution in [0.25, 0.3) is 10.9 Å². The Balaban J connectivity index is 2.22. The highest BCUT2D eigenvalue weighted by atomic mass is 16.7. The summed E-state index contributed by atoms with van der Waals surface area (Å²) in [4.78, 5) is 27.5. The fourth-order valence-corrected chi connectivity index (χ4v) is 2.24. The Labute approximate surface area is 154 Å². The minimum absolute atomic E-state index is 0.472. The Morgan fingerprint density at radius 3 is 1.88 bits per heavy atom. The zero-order valence-electron chi connectivity index (χ0n) is 16.1. The summed E-state index contributed by atoms with van der Waals surface area (Å²) in [7, 11) is -1.20. The van der Waals surface area contributed by atoms with Gasteiger partial charge in [-0.3, -0.25) is 0 Å². The number of benzene rings is 1. The highest BCUT2D eigenvalue weighted by molar-refractivity contribution is 6.63. The van der Waals surface area contributed by atoms with Crippen molar-refractivity contribution in [2.75, 3.05) is 0 Å². The van der Waals surface area contributed by atoms with E-state index < -0.39 is 30.4 Å². The molecule has 0 aliphatic rings. The molecule has 0 atom stereocenters. The van der Waals surface area contributed by atoms with Crippen molar-refractivity contribution in [1.82, 2.24) is 15.6 Å². The number of hydrogen-bond donors (Lipinski definition) is 3. The molecule has 8 heteroatoms. The number of carbonyl (C=O) groups excluding carboxylic acids is 2. The number of aromatic nitrogens is 1. The van der Waals surface area contributed by atoms with Crippen molar-refractivity contribution < 1.29 is 18.9 Å². The molecule has 0 spiro atoms. The maximum absolute atomic E-state index is 12.2. The number of carbonyl (C=O) groups is 2. The second-order valence-electron chi connectivity index (χ2n) is 8.20. The smallest absolute Gasteiger partial charge is 0.477 e. The van der Waals surface area contributed by atoms with Gasteiger partial charge in [-0.15, -0.1) is 0 Å². The zero-order chi connectivity index (χ0) is 19.5. The molecule has 0 radical (unpaired) electrons. The van der Waals surface area contributed by atoms with Crippen LogP contribution in [0.2, 0.25) is 0 Å². The van der Waals surface area contributed by atoms with Crippen LogP contribution in [0.5, 0.6) is 0 Å². The van der Waals surface area contributed by atoms with Gasteiger partial charge in [0.15, 0.2) is 0 Å². The molecule has 0 aliphatic heterocycles. The van der Waals surface area contributed by atoms with Crippen molar-refractivity contribution in [3.8, 4) is 0 Å². The van der Waals surface area contributed by atoms with E-state index in [9.17, 15) is 9.59 Å². The molecule has 0 saturated heterocycles. The first-order chi connectivity index (χ1) is 11.9. The van der Waals surface area contributed by atoms with Crippen molar-refractivity contribution in [3.05, 3.63) is 30.3 Å². The van der Waals surface area contributed by atoms with Gasteiger partial charge < -0.3 is 24.9 Å². The third kappa shape index (κ3) is 6.02. The summed E-state index contributed by atoms with van der Waals surface area (Å²) < 4.78 is 10.7. The molecule has 1 aromatic carbocycles. The molecule has 26 heavy (non-hydrogen) atoms. The van der Waals surface area contributed by atoms with Crippen molar-refractivity contribution >= 4 is 35.8 Å². The Morgan fingerprint density at radius 2 is 1.42 bits per heavy atom. The van der Waals surface area contributed by atoms with Gasteiger partial charge in [0.25, 0.3) is 0 Å². The summed E-state index contributed by atoms with van der Waals surface area (Å²) in [5.74, 6) is 0. The minimum Gasteiger partial charge on any atom is -0.477 e. The van der Waals surface area contributed by atoms with Gasteiger partial charge in [0, 0.05) is 16.6 Å². The minimum atomic E-state index is -1.20. The molecule has 3 N–H and O–H groups in total. The number of nitrogens with one attached hydrogen (secondary N) is 3. The topological polar surface area (TPSA) is 92.4 Å². The number of rotatable bonds is 3. The van der Waals surface area contributed by atoms with Crippen LogP contribution in [0, 0.1) is 0 Å². The molecule has 2 rings (SSSR count). The fraction of sp³-hybridized carbons (Fsp3) is 0.444. The molecule has 1 aromatic heterocycles. The first-order valence-electron chi connectivity index (χ1n) is 8.48. The Hall–Kier alpha value is -2.64. The summed E-state index contributed by atoms with van der Waals surface area (Å²) in [6.07, 6.45) is -1.35. The molecule has 2 aromatic rings. The molecule has 0 fully saturated rings. The second kappa shape index (κ2) is 7.31. The van der Waals surface area contributed by atoms with Crippen molar-refractivity contribution in [2.45, 2.75) is 52.6 Å². The maximum Gasteiger partial charge on any atom is 0.656 e. The van der Waals surface area contributed by atoms with Crippen LogP contribution < -0.4 is 16.2 Å². The van der Waals surface area contributed by atoms with Crippen molar-refractivity contribution in [1.29, 1.82) is 0 Å². The maximum atomic E-state index is 12.2. The van der Waals surface area contributed by atoms with Crippen LogP contribution in [-0.4, -0.2) is 35.4 Å². The lowest BCUT2D eigenvalue weighted by atomic mass is 9.84. The summed E-state index contributed by atoms with van der Waals surface area (Å²) in [6, 6.07) is 9.37. The summed E-state index contributed by atoms with van der Waals surface area (Å²) in [5.41, 5.74) is 0.373. The number of fused-ring (bicyclic) bond motifs is 1. The standard InChI is InChI=1S/C18H26BN3O4/c1-17(2,3)21-15(23)25-19(26-16(24)22-18(4,5)6)14-11-12-9-7-8-10-13(12)20-14/h7-11,20H,1-6H3,(H,21,23)(H,22,24). The summed E-state index contributed by atoms with van der Waals surface area (Å²) in [6.45, 7) is 11.0. The average Bonchev–Trinajstić information content (AvgIpc) is 2.86. The molecule has 2 amide bonds. The number of aromatic amines is 1. The third-order valence-electron chi connectivity index (χ3n) is 3.19. The molecule has 0 bridgehead atoms. The van der Waals surface area contributed by atoms with Gasteiger partial charge in [-0.1, -0.05) is 18.2 Å². The fourth-order valence-electron chi connectivity index (χ4n) is 2.24. The van der Waals surface area contributed by atoms with E-state index in [1.807, 2.05) is 65.8 Å². The number of para-hydroxylation sites is 1. The first-order valence-corrected chi connectivity index (χ1v) is 8.48. The van der Waals surface area contributed by atoms with Crippen molar-refractivity contribution in [2.24, 2.45) is 0 Å². The van der Waals surface area contributed by atoms with E-state index in [4.69, 9.17) is 9.31 Å². The van der Waals surface area contributed by atoms with E-state index in [0.29, 0.717) is 5.59 Å². The molecule has 7 nitrogen and oxygen atoms in total. The number of hydrogen-bond acceptors (Lipinski definition) is 4. The van der Waals surface area contributed by atoms with Crippen LogP contribution >= 0.6 is 0 Å². The van der Waals surface area contributed by atoms with E-state index in [1.54, 1.807) is 6.07 Å². The molecule has 0 saturated carbocycles. The molecule has 0 unspecified atom stereocenters. The number of H-pyrrole nitrogens is 1. The average molecular weight is 359 g/mol.